The number of carbonyl (C=O) groups is 1. The summed E-state index contributed by atoms with van der Waals surface area (Å²) in [7, 11) is 3.45. The molecule has 0 saturated heterocycles. The van der Waals surface area contributed by atoms with Crippen LogP contribution in [0.2, 0.25) is 0 Å². The van der Waals surface area contributed by atoms with Gasteiger partial charge >= 0.3 is 0 Å². The van der Waals surface area contributed by atoms with Crippen LogP contribution in [0.5, 0.6) is 0 Å². The lowest BCUT2D eigenvalue weighted by Gasteiger charge is -2.15. The van der Waals surface area contributed by atoms with Crippen LogP contribution < -0.4 is 10.6 Å². The molecule has 2 N–H and O–H groups in total. The maximum atomic E-state index is 11.8. The molecule has 25 heavy (non-hydrogen) atoms. The molecule has 6 nitrogen and oxygen atoms in total. The molecule has 1 aromatic heterocycles. The molecule has 1 aromatic carbocycles. The lowest BCUT2D eigenvalue weighted by atomic mass is 10.2. The first kappa shape index (κ1) is 18.9. The van der Waals surface area contributed by atoms with Crippen LogP contribution in [0.15, 0.2) is 58.1 Å². The van der Waals surface area contributed by atoms with E-state index in [9.17, 15) is 4.79 Å². The van der Waals surface area contributed by atoms with Crippen molar-refractivity contribution in [2.45, 2.75) is 13.1 Å². The highest BCUT2D eigenvalue weighted by Gasteiger charge is 2.06. The van der Waals surface area contributed by atoms with E-state index >= 15 is 0 Å². The average molecular weight is 404 g/mol. The number of aromatic nitrogens is 1. The minimum absolute atomic E-state index is 0.0176. The van der Waals surface area contributed by atoms with Gasteiger partial charge in [-0.1, -0.05) is 34.1 Å². The molecule has 2 aromatic rings. The Bertz CT molecular complexity index is 701. The number of pyridine rings is 1. The zero-order valence-electron chi connectivity index (χ0n) is 14.4. The number of amides is 1. The Hall–Kier alpha value is -2.41. The molecule has 0 fully saturated rings. The molecule has 1 heterocycles. The maximum absolute atomic E-state index is 11.8. The Morgan fingerprint density at radius 1 is 1.16 bits per heavy atom. The number of likely N-dealkylation sites (N-methyl/N-ethyl adjacent to an activating group) is 1. The van der Waals surface area contributed by atoms with E-state index < -0.39 is 0 Å². The monoisotopic (exact) mass is 403 g/mol. The molecule has 132 valence electrons. The van der Waals surface area contributed by atoms with Gasteiger partial charge in [0, 0.05) is 24.8 Å². The maximum Gasteiger partial charge on any atom is 0.241 e. The third kappa shape index (κ3) is 6.93. The Kier molecular flexibility index (Phi) is 7.40. The number of hydrogen-bond acceptors (Lipinski definition) is 3. The highest BCUT2D eigenvalue weighted by atomic mass is 79.9. The summed E-state index contributed by atoms with van der Waals surface area (Å²) in [5.74, 6) is 0.555. The van der Waals surface area contributed by atoms with Crippen LogP contribution in [-0.4, -0.2) is 42.4 Å². The number of hydrogen-bond donors (Lipinski definition) is 2. The third-order valence-corrected chi connectivity index (χ3v) is 3.93. The molecule has 0 aliphatic rings. The van der Waals surface area contributed by atoms with Crippen LogP contribution in [0.3, 0.4) is 0 Å². The fourth-order valence-corrected chi connectivity index (χ4v) is 2.19. The summed E-state index contributed by atoms with van der Waals surface area (Å²) >= 11 is 3.42. The first-order chi connectivity index (χ1) is 12.0. The van der Waals surface area contributed by atoms with Crippen molar-refractivity contribution in [3.63, 3.8) is 0 Å². The Morgan fingerprint density at radius 3 is 2.56 bits per heavy atom. The van der Waals surface area contributed by atoms with Crippen LogP contribution in [0.1, 0.15) is 11.3 Å². The zero-order chi connectivity index (χ0) is 18.1. The van der Waals surface area contributed by atoms with Gasteiger partial charge in [0.25, 0.3) is 0 Å². The van der Waals surface area contributed by atoms with Gasteiger partial charge in [0.05, 0.1) is 25.3 Å². The summed E-state index contributed by atoms with van der Waals surface area (Å²) in [4.78, 5) is 22.2. The van der Waals surface area contributed by atoms with E-state index in [1.807, 2.05) is 42.5 Å². The molecule has 0 unspecified atom stereocenters. The topological polar surface area (TPSA) is 69.6 Å². The number of rotatable bonds is 6. The molecule has 1 amide bonds. The number of carbonyl (C=O) groups excluding carboxylic acids is 1. The molecule has 0 bridgehead atoms. The first-order valence-corrected chi connectivity index (χ1v) is 8.70. The molecule has 2 rings (SSSR count). The van der Waals surface area contributed by atoms with Crippen molar-refractivity contribution < 1.29 is 4.79 Å². The van der Waals surface area contributed by atoms with Crippen LogP contribution in [0, 0.1) is 0 Å². The zero-order valence-corrected chi connectivity index (χ0v) is 16.0. The molecular weight excluding hydrogens is 382 g/mol. The van der Waals surface area contributed by atoms with Gasteiger partial charge in [0.1, 0.15) is 0 Å². The number of halogens is 1. The molecule has 0 radical (unpaired) electrons. The summed E-state index contributed by atoms with van der Waals surface area (Å²) in [5.41, 5.74) is 1.99. The fraction of sp³-hybridized carbons (Fsp3) is 0.278. The van der Waals surface area contributed by atoms with Gasteiger partial charge in [-0.25, -0.2) is 4.99 Å². The number of benzene rings is 1. The number of guanidine groups is 1. The van der Waals surface area contributed by atoms with E-state index in [4.69, 9.17) is 0 Å². The second-order valence-corrected chi connectivity index (χ2v) is 6.52. The van der Waals surface area contributed by atoms with Crippen molar-refractivity contribution in [2.24, 2.45) is 4.99 Å². The van der Waals surface area contributed by atoms with Crippen molar-refractivity contribution >= 4 is 27.8 Å². The quantitative estimate of drug-likeness (QED) is 0.572. The van der Waals surface area contributed by atoms with E-state index in [0.29, 0.717) is 19.0 Å². The van der Waals surface area contributed by atoms with Gasteiger partial charge in [0.15, 0.2) is 5.96 Å². The van der Waals surface area contributed by atoms with Gasteiger partial charge < -0.3 is 15.5 Å². The fourth-order valence-electron chi connectivity index (χ4n) is 1.93. The number of aliphatic imine (C=N–C) groups is 1. The Labute approximate surface area is 156 Å². The lowest BCUT2D eigenvalue weighted by molar-refractivity contribution is -0.127. The average Bonchev–Trinajstić information content (AvgIpc) is 2.63. The van der Waals surface area contributed by atoms with Gasteiger partial charge in [-0.2, -0.15) is 0 Å². The van der Waals surface area contributed by atoms with E-state index in [2.05, 4.69) is 36.5 Å². The summed E-state index contributed by atoms with van der Waals surface area (Å²) in [6.07, 6.45) is 1.75. The molecule has 0 atom stereocenters. The Balaban J connectivity index is 2.00. The van der Waals surface area contributed by atoms with E-state index in [1.165, 1.54) is 4.90 Å². The highest BCUT2D eigenvalue weighted by molar-refractivity contribution is 9.10. The van der Waals surface area contributed by atoms with Crippen molar-refractivity contribution in [1.29, 1.82) is 0 Å². The molecule has 0 aliphatic heterocycles. The van der Waals surface area contributed by atoms with Gasteiger partial charge in [-0.15, -0.1) is 0 Å². The predicted octanol–water partition coefficient (Wildman–Crippen LogP) is 2.17. The SMILES string of the molecule is CN(C)C(=O)CNC(=NCc1ccc(Br)cc1)NCc1ccccn1. The molecule has 0 spiro atoms. The van der Waals surface area contributed by atoms with Crippen LogP contribution in [0.4, 0.5) is 0 Å². The first-order valence-electron chi connectivity index (χ1n) is 7.91. The van der Waals surface area contributed by atoms with Crippen LogP contribution in [0.25, 0.3) is 0 Å². The van der Waals surface area contributed by atoms with Crippen molar-refractivity contribution in [3.8, 4) is 0 Å². The predicted molar refractivity (Wildman–Crippen MR) is 103 cm³/mol. The van der Waals surface area contributed by atoms with Gasteiger partial charge in [-0.05, 0) is 29.8 Å². The van der Waals surface area contributed by atoms with Crippen molar-refractivity contribution in [3.05, 3.63) is 64.4 Å². The van der Waals surface area contributed by atoms with E-state index in [0.717, 1.165) is 15.7 Å². The minimum Gasteiger partial charge on any atom is -0.351 e. The second kappa shape index (κ2) is 9.78. The molecule has 7 heteroatoms. The third-order valence-electron chi connectivity index (χ3n) is 3.40. The highest BCUT2D eigenvalue weighted by Crippen LogP contribution is 2.11. The largest absolute Gasteiger partial charge is 0.351 e. The van der Waals surface area contributed by atoms with Crippen LogP contribution in [-0.2, 0) is 17.9 Å². The molecular formula is C18H22BrN5O. The van der Waals surface area contributed by atoms with E-state index in [1.54, 1.807) is 20.3 Å². The van der Waals surface area contributed by atoms with Gasteiger partial charge in [-0.3, -0.25) is 9.78 Å². The van der Waals surface area contributed by atoms with Crippen LogP contribution >= 0.6 is 15.9 Å². The van der Waals surface area contributed by atoms with Crippen molar-refractivity contribution in [2.75, 3.05) is 20.6 Å². The number of nitrogens with one attached hydrogen (secondary N) is 2. The standard InChI is InChI=1S/C18H22BrN5O/c1-24(2)17(25)13-23-18(22-12-16-5-3-4-10-20-16)21-11-14-6-8-15(19)9-7-14/h3-10H,11-13H2,1-2H3,(H2,21,22,23). The minimum atomic E-state index is -0.0176. The summed E-state index contributed by atoms with van der Waals surface area (Å²) in [6.45, 7) is 1.23. The van der Waals surface area contributed by atoms with Gasteiger partial charge in [0.2, 0.25) is 5.91 Å². The summed E-state index contributed by atoms with van der Waals surface area (Å²) in [5, 5.41) is 6.27. The van der Waals surface area contributed by atoms with Crippen molar-refractivity contribution in [1.82, 2.24) is 20.5 Å². The summed E-state index contributed by atoms with van der Waals surface area (Å²) < 4.78 is 1.03. The smallest absolute Gasteiger partial charge is 0.241 e. The second-order valence-electron chi connectivity index (χ2n) is 5.61. The number of nitrogens with zero attached hydrogens (tertiary/aromatic N) is 3. The molecule has 0 saturated carbocycles. The van der Waals surface area contributed by atoms with E-state index in [-0.39, 0.29) is 12.5 Å². The summed E-state index contributed by atoms with van der Waals surface area (Å²) in [6, 6.07) is 13.7. The Morgan fingerprint density at radius 2 is 1.92 bits per heavy atom. The lowest BCUT2D eigenvalue weighted by Crippen LogP contribution is -2.42. The normalized spacial score (nSPS) is 11.1. The molecule has 0 aliphatic carbocycles.